The Morgan fingerprint density at radius 3 is 2.38 bits per heavy atom. The molecule has 4 nitrogen and oxygen atoms in total. The molecule has 2 rings (SSSR count). The molecule has 5 heteroatoms. The number of aliphatic carboxylic acids is 1. The molecule has 1 amide bonds. The standard InChI is InChI=1S/C16H18ClNO3/c1-9-6-13(14(16(20)21)7-10(9)2)15(19)18-12-5-3-4-11(17)8-12/h3-5,8,13-14H,6-7H2,1-2H3,(H,18,19)(H,20,21)/p-1. The smallest absolute Gasteiger partial charge is 0.228 e. The van der Waals surface area contributed by atoms with Crippen LogP contribution in [0.15, 0.2) is 35.4 Å². The monoisotopic (exact) mass is 306 g/mol. The molecular weight excluding hydrogens is 290 g/mol. The number of carboxylic acids is 1. The van der Waals surface area contributed by atoms with Crippen molar-refractivity contribution < 1.29 is 14.7 Å². The van der Waals surface area contributed by atoms with Crippen LogP contribution >= 0.6 is 11.6 Å². The van der Waals surface area contributed by atoms with Crippen molar-refractivity contribution in [2.24, 2.45) is 11.8 Å². The summed E-state index contributed by atoms with van der Waals surface area (Å²) in [6.45, 7) is 3.83. The van der Waals surface area contributed by atoms with Gasteiger partial charge in [-0.1, -0.05) is 28.8 Å². The van der Waals surface area contributed by atoms with E-state index in [2.05, 4.69) is 5.32 Å². The van der Waals surface area contributed by atoms with Gasteiger partial charge in [-0.05, 0) is 44.9 Å². The van der Waals surface area contributed by atoms with E-state index in [-0.39, 0.29) is 5.91 Å². The molecule has 1 aromatic carbocycles. The van der Waals surface area contributed by atoms with Crippen LogP contribution in [-0.2, 0) is 9.59 Å². The fraction of sp³-hybridized carbons (Fsp3) is 0.375. The Morgan fingerprint density at radius 2 is 1.81 bits per heavy atom. The van der Waals surface area contributed by atoms with Crippen LogP contribution in [0.1, 0.15) is 26.7 Å². The highest BCUT2D eigenvalue weighted by atomic mass is 35.5. The topological polar surface area (TPSA) is 69.2 Å². The molecule has 0 saturated carbocycles. The van der Waals surface area contributed by atoms with Crippen LogP contribution in [0.5, 0.6) is 0 Å². The van der Waals surface area contributed by atoms with Crippen molar-refractivity contribution >= 4 is 29.2 Å². The Hall–Kier alpha value is -1.81. The van der Waals surface area contributed by atoms with Gasteiger partial charge in [-0.25, -0.2) is 0 Å². The third-order valence-corrected chi connectivity index (χ3v) is 4.23. The zero-order valence-corrected chi connectivity index (χ0v) is 12.7. The number of carbonyl (C=O) groups is 2. The molecule has 1 aliphatic carbocycles. The van der Waals surface area contributed by atoms with E-state index in [0.29, 0.717) is 23.6 Å². The first-order valence-electron chi connectivity index (χ1n) is 6.81. The minimum atomic E-state index is -1.17. The lowest BCUT2D eigenvalue weighted by Gasteiger charge is -2.32. The second kappa shape index (κ2) is 6.31. The molecule has 1 aliphatic rings. The average molecular weight is 307 g/mol. The molecular formula is C16H17ClNO3-. The molecule has 21 heavy (non-hydrogen) atoms. The molecule has 1 aromatic rings. The molecule has 0 fully saturated rings. The van der Waals surface area contributed by atoms with Crippen LogP contribution in [0, 0.1) is 11.8 Å². The van der Waals surface area contributed by atoms with Gasteiger partial charge in [-0.3, -0.25) is 4.79 Å². The van der Waals surface area contributed by atoms with Crippen molar-refractivity contribution in [1.82, 2.24) is 0 Å². The summed E-state index contributed by atoms with van der Waals surface area (Å²) in [5, 5.41) is 14.5. The number of hydrogen-bond donors (Lipinski definition) is 1. The van der Waals surface area contributed by atoms with E-state index in [0.717, 1.165) is 11.1 Å². The number of allylic oxidation sites excluding steroid dienone is 2. The molecule has 2 unspecified atom stereocenters. The lowest BCUT2D eigenvalue weighted by atomic mass is 9.76. The van der Waals surface area contributed by atoms with Crippen molar-refractivity contribution in [2.45, 2.75) is 26.7 Å². The Kier molecular flexibility index (Phi) is 4.68. The first-order chi connectivity index (χ1) is 9.88. The number of carbonyl (C=O) groups excluding carboxylic acids is 2. The van der Waals surface area contributed by atoms with Gasteiger partial charge >= 0.3 is 0 Å². The molecule has 0 heterocycles. The van der Waals surface area contributed by atoms with Crippen molar-refractivity contribution in [3.05, 3.63) is 40.4 Å². The number of hydrogen-bond acceptors (Lipinski definition) is 3. The van der Waals surface area contributed by atoms with Gasteiger partial charge in [0.2, 0.25) is 5.91 Å². The number of anilines is 1. The summed E-state index contributed by atoms with van der Waals surface area (Å²) in [5.74, 6) is -2.88. The van der Waals surface area contributed by atoms with Gasteiger partial charge in [0.05, 0.1) is 5.92 Å². The summed E-state index contributed by atoms with van der Waals surface area (Å²) in [4.78, 5) is 23.7. The van der Waals surface area contributed by atoms with E-state index in [9.17, 15) is 14.7 Å². The van der Waals surface area contributed by atoms with E-state index in [1.54, 1.807) is 24.3 Å². The van der Waals surface area contributed by atoms with E-state index < -0.39 is 17.8 Å². The highest BCUT2D eigenvalue weighted by molar-refractivity contribution is 6.30. The van der Waals surface area contributed by atoms with E-state index in [1.807, 2.05) is 13.8 Å². The summed E-state index contributed by atoms with van der Waals surface area (Å²) in [5.41, 5.74) is 2.66. The predicted octanol–water partition coefficient (Wildman–Crippen LogP) is 2.39. The van der Waals surface area contributed by atoms with Crippen LogP contribution in [0.4, 0.5) is 5.69 Å². The Balaban J connectivity index is 2.18. The SMILES string of the molecule is CC1=C(C)CC(C(=O)Nc2cccc(Cl)c2)C(C(=O)[O-])C1. The molecule has 0 aliphatic heterocycles. The fourth-order valence-corrected chi connectivity index (χ4v) is 2.81. The Labute approximate surface area is 128 Å². The number of benzene rings is 1. The van der Waals surface area contributed by atoms with E-state index in [1.165, 1.54) is 0 Å². The van der Waals surface area contributed by atoms with Gasteiger partial charge in [0.15, 0.2) is 0 Å². The number of halogens is 1. The zero-order valence-electron chi connectivity index (χ0n) is 12.0. The molecule has 1 N–H and O–H groups in total. The minimum absolute atomic E-state index is 0.307. The van der Waals surface area contributed by atoms with Crippen LogP contribution in [0.3, 0.4) is 0 Å². The minimum Gasteiger partial charge on any atom is -0.550 e. The van der Waals surface area contributed by atoms with Crippen molar-refractivity contribution in [3.8, 4) is 0 Å². The first kappa shape index (κ1) is 15.6. The van der Waals surface area contributed by atoms with E-state index >= 15 is 0 Å². The third kappa shape index (κ3) is 3.64. The maximum absolute atomic E-state index is 12.4. The molecule has 0 spiro atoms. The van der Waals surface area contributed by atoms with Gasteiger partial charge in [-0.2, -0.15) is 0 Å². The normalized spacial score (nSPS) is 22.0. The summed E-state index contributed by atoms with van der Waals surface area (Å²) in [7, 11) is 0. The molecule has 112 valence electrons. The summed E-state index contributed by atoms with van der Waals surface area (Å²) >= 11 is 5.87. The van der Waals surface area contributed by atoms with Crippen molar-refractivity contribution in [1.29, 1.82) is 0 Å². The molecule has 0 radical (unpaired) electrons. The van der Waals surface area contributed by atoms with Gasteiger partial charge in [0, 0.05) is 22.6 Å². The molecule has 0 bridgehead atoms. The molecule has 2 atom stereocenters. The van der Waals surface area contributed by atoms with E-state index in [4.69, 9.17) is 11.6 Å². The van der Waals surface area contributed by atoms with Crippen LogP contribution in [0.25, 0.3) is 0 Å². The van der Waals surface area contributed by atoms with Crippen LogP contribution in [0.2, 0.25) is 5.02 Å². The lowest BCUT2D eigenvalue weighted by molar-refractivity contribution is -0.313. The molecule has 0 aromatic heterocycles. The van der Waals surface area contributed by atoms with Gasteiger partial charge < -0.3 is 15.2 Å². The highest BCUT2D eigenvalue weighted by Crippen LogP contribution is 2.34. The Bertz CT molecular complexity index is 609. The van der Waals surface area contributed by atoms with Gasteiger partial charge in [0.1, 0.15) is 0 Å². The third-order valence-electron chi connectivity index (χ3n) is 4.00. The second-order valence-corrected chi connectivity index (χ2v) is 5.94. The van der Waals surface area contributed by atoms with Crippen molar-refractivity contribution in [3.63, 3.8) is 0 Å². The van der Waals surface area contributed by atoms with Crippen LogP contribution < -0.4 is 10.4 Å². The quantitative estimate of drug-likeness (QED) is 0.872. The summed E-state index contributed by atoms with van der Waals surface area (Å²) in [6.07, 6.45) is 0.804. The summed E-state index contributed by atoms with van der Waals surface area (Å²) < 4.78 is 0. The van der Waals surface area contributed by atoms with Crippen molar-refractivity contribution in [2.75, 3.05) is 5.32 Å². The second-order valence-electron chi connectivity index (χ2n) is 5.50. The first-order valence-corrected chi connectivity index (χ1v) is 7.18. The highest BCUT2D eigenvalue weighted by Gasteiger charge is 2.33. The number of carboxylic acid groups (broad SMARTS) is 1. The summed E-state index contributed by atoms with van der Waals surface area (Å²) in [6, 6.07) is 6.78. The van der Waals surface area contributed by atoms with Gasteiger partial charge in [-0.15, -0.1) is 0 Å². The maximum Gasteiger partial charge on any atom is 0.228 e. The number of amides is 1. The Morgan fingerprint density at radius 1 is 1.19 bits per heavy atom. The van der Waals surface area contributed by atoms with Gasteiger partial charge in [0.25, 0.3) is 0 Å². The fourth-order valence-electron chi connectivity index (χ4n) is 2.62. The number of rotatable bonds is 3. The van der Waals surface area contributed by atoms with Crippen LogP contribution in [-0.4, -0.2) is 11.9 Å². The largest absolute Gasteiger partial charge is 0.550 e. The number of nitrogens with one attached hydrogen (secondary N) is 1. The predicted molar refractivity (Wildman–Crippen MR) is 79.7 cm³/mol. The zero-order chi connectivity index (χ0) is 15.6. The average Bonchev–Trinajstić information content (AvgIpc) is 2.41. The maximum atomic E-state index is 12.4. The molecule has 0 saturated heterocycles. The lowest BCUT2D eigenvalue weighted by Crippen LogP contribution is -2.42.